The average Bonchev–Trinajstić information content (AvgIpc) is 2.49. The monoisotopic (exact) mass is 313 g/mol. The zero-order valence-corrected chi connectivity index (χ0v) is 14.4. The fourth-order valence-corrected chi connectivity index (χ4v) is 4.09. The molecule has 0 amide bonds. The Morgan fingerprint density at radius 3 is 2.24 bits per heavy atom. The molecule has 0 bridgehead atoms. The number of sulfonamides is 1. The predicted octanol–water partition coefficient (Wildman–Crippen LogP) is 3.59. The van der Waals surface area contributed by atoms with Crippen molar-refractivity contribution in [1.82, 2.24) is 4.31 Å². The van der Waals surface area contributed by atoms with Gasteiger partial charge >= 0.3 is 0 Å². The number of rotatable bonds is 3. The molecule has 0 radical (unpaired) electrons. The van der Waals surface area contributed by atoms with Gasteiger partial charge in [-0.2, -0.15) is 4.31 Å². The van der Waals surface area contributed by atoms with E-state index in [0.717, 1.165) is 19.3 Å². The molecule has 5 heteroatoms. The highest BCUT2D eigenvalue weighted by molar-refractivity contribution is 7.89. The van der Waals surface area contributed by atoms with E-state index in [4.69, 9.17) is 4.74 Å². The van der Waals surface area contributed by atoms with E-state index in [-0.39, 0.29) is 0 Å². The molecule has 1 aliphatic heterocycles. The quantitative estimate of drug-likeness (QED) is 0.856. The van der Waals surface area contributed by atoms with Crippen LogP contribution in [0, 0.1) is 6.92 Å². The maximum atomic E-state index is 12.5. The summed E-state index contributed by atoms with van der Waals surface area (Å²) < 4.78 is 31.9. The van der Waals surface area contributed by atoms with Crippen LogP contribution in [0.2, 0.25) is 0 Å². The first-order valence-corrected chi connectivity index (χ1v) is 9.06. The Hall–Kier alpha value is -1.07. The Labute approximate surface area is 129 Å². The summed E-state index contributed by atoms with van der Waals surface area (Å²) in [5, 5.41) is 0. The summed E-state index contributed by atoms with van der Waals surface area (Å²) in [7, 11) is -1.82. The van der Waals surface area contributed by atoms with Crippen LogP contribution in [0.5, 0.6) is 5.75 Å². The second-order valence-corrected chi connectivity index (χ2v) is 7.16. The van der Waals surface area contributed by atoms with Crippen LogP contribution in [-0.2, 0) is 10.0 Å². The van der Waals surface area contributed by atoms with Crippen molar-refractivity contribution in [3.8, 4) is 5.75 Å². The van der Waals surface area contributed by atoms with Crippen molar-refractivity contribution < 1.29 is 13.2 Å². The molecule has 0 aromatic heterocycles. The van der Waals surface area contributed by atoms with Crippen LogP contribution in [0.3, 0.4) is 0 Å². The molecular weight excluding hydrogens is 286 g/mol. The predicted molar refractivity (Wildman–Crippen MR) is 86.3 cm³/mol. The molecule has 4 nitrogen and oxygen atoms in total. The Balaban J connectivity index is 0.000000677. The lowest BCUT2D eigenvalue weighted by Gasteiger charge is -2.26. The molecule has 21 heavy (non-hydrogen) atoms. The summed E-state index contributed by atoms with van der Waals surface area (Å²) in [5.41, 5.74) is 0.686. The summed E-state index contributed by atoms with van der Waals surface area (Å²) in [6.45, 7) is 7.29. The summed E-state index contributed by atoms with van der Waals surface area (Å²) in [4.78, 5) is 0.365. The number of hydrogen-bond donors (Lipinski definition) is 0. The summed E-state index contributed by atoms with van der Waals surface area (Å²) >= 11 is 0. The van der Waals surface area contributed by atoms with Crippen LogP contribution in [0.25, 0.3) is 0 Å². The van der Waals surface area contributed by atoms with Crippen molar-refractivity contribution in [2.24, 2.45) is 0 Å². The smallest absolute Gasteiger partial charge is 0.243 e. The Kier molecular flexibility index (Phi) is 7.18. The zero-order valence-electron chi connectivity index (χ0n) is 13.6. The topological polar surface area (TPSA) is 46.6 Å². The lowest BCUT2D eigenvalue weighted by atomic mass is 10.2. The number of hydrogen-bond acceptors (Lipinski definition) is 3. The first-order chi connectivity index (χ1) is 9.98. The number of nitrogens with zero attached hydrogens (tertiary/aromatic N) is 1. The fraction of sp³-hybridized carbons (Fsp3) is 0.625. The third-order valence-corrected chi connectivity index (χ3v) is 5.43. The van der Waals surface area contributed by atoms with Gasteiger partial charge in [0.2, 0.25) is 10.0 Å². The van der Waals surface area contributed by atoms with E-state index in [1.807, 2.05) is 0 Å². The zero-order chi connectivity index (χ0) is 15.9. The van der Waals surface area contributed by atoms with E-state index in [1.54, 1.807) is 36.5 Å². The van der Waals surface area contributed by atoms with Gasteiger partial charge in [0.25, 0.3) is 0 Å². The molecule has 1 aromatic carbocycles. The van der Waals surface area contributed by atoms with Crippen LogP contribution >= 0.6 is 0 Å². The summed E-state index contributed by atoms with van der Waals surface area (Å²) in [6.07, 6.45) is 4.26. The second kappa shape index (κ2) is 8.39. The van der Waals surface area contributed by atoms with Crippen LogP contribution in [0.1, 0.15) is 45.1 Å². The minimum atomic E-state index is -3.37. The lowest BCUT2D eigenvalue weighted by molar-refractivity contribution is 0.346. The van der Waals surface area contributed by atoms with Crippen molar-refractivity contribution in [3.05, 3.63) is 23.8 Å². The molecule has 1 aliphatic rings. The number of ether oxygens (including phenoxy) is 1. The van der Waals surface area contributed by atoms with Crippen molar-refractivity contribution in [1.29, 1.82) is 0 Å². The summed E-state index contributed by atoms with van der Waals surface area (Å²) in [6, 6.07) is 5.16. The van der Waals surface area contributed by atoms with Crippen molar-refractivity contribution >= 4 is 10.0 Å². The second-order valence-electron chi connectivity index (χ2n) is 5.26. The molecule has 1 aromatic rings. The maximum absolute atomic E-state index is 12.5. The molecule has 0 aliphatic carbocycles. The third kappa shape index (κ3) is 4.45. The van der Waals surface area contributed by atoms with Gasteiger partial charge in [0.15, 0.2) is 0 Å². The van der Waals surface area contributed by atoms with E-state index in [0.29, 0.717) is 29.3 Å². The van der Waals surface area contributed by atoms with Crippen LogP contribution < -0.4 is 4.74 Å². The third-order valence-electron chi connectivity index (χ3n) is 3.39. The van der Waals surface area contributed by atoms with Gasteiger partial charge < -0.3 is 4.74 Å². The van der Waals surface area contributed by atoms with Gasteiger partial charge in [-0.3, -0.25) is 0 Å². The highest BCUT2D eigenvalue weighted by Crippen LogP contribution is 2.28. The van der Waals surface area contributed by atoms with E-state index in [9.17, 15) is 8.42 Å². The van der Waals surface area contributed by atoms with Crippen LogP contribution in [0.4, 0.5) is 0 Å². The van der Waals surface area contributed by atoms with E-state index in [2.05, 4.69) is 13.8 Å². The first-order valence-electron chi connectivity index (χ1n) is 7.62. The molecular formula is C16H27NO3S. The normalized spacial score (nSPS) is 16.0. The standard InChI is InChI=1S/C13H19NO3S.C3H8/c1-11-12(17-2)7-6-8-13(11)18(15,16)14-9-4-3-5-10-14;1-3-2/h6-8H,3-5,9-10H2,1-2H3;3H2,1-2H3. The van der Waals surface area contributed by atoms with Crippen molar-refractivity contribution in [2.45, 2.75) is 51.3 Å². The molecule has 0 spiro atoms. The van der Waals surface area contributed by atoms with Gasteiger partial charge in [-0.15, -0.1) is 0 Å². The van der Waals surface area contributed by atoms with Gasteiger partial charge in [-0.05, 0) is 31.9 Å². The van der Waals surface area contributed by atoms with Gasteiger partial charge in [0, 0.05) is 18.7 Å². The highest BCUT2D eigenvalue weighted by atomic mass is 32.2. The molecule has 0 unspecified atom stereocenters. The Morgan fingerprint density at radius 2 is 1.71 bits per heavy atom. The molecule has 2 rings (SSSR count). The molecule has 1 fully saturated rings. The maximum Gasteiger partial charge on any atom is 0.243 e. The number of benzene rings is 1. The average molecular weight is 313 g/mol. The van der Waals surface area contributed by atoms with E-state index in [1.165, 1.54) is 6.42 Å². The van der Waals surface area contributed by atoms with Crippen LogP contribution in [0.15, 0.2) is 23.1 Å². The van der Waals surface area contributed by atoms with Gasteiger partial charge in [0.05, 0.1) is 12.0 Å². The molecule has 120 valence electrons. The summed E-state index contributed by atoms with van der Waals surface area (Å²) in [5.74, 6) is 0.619. The minimum Gasteiger partial charge on any atom is -0.496 e. The van der Waals surface area contributed by atoms with Crippen LogP contribution in [-0.4, -0.2) is 32.9 Å². The highest BCUT2D eigenvalue weighted by Gasteiger charge is 2.27. The largest absolute Gasteiger partial charge is 0.496 e. The lowest BCUT2D eigenvalue weighted by Crippen LogP contribution is -2.35. The molecule has 1 saturated heterocycles. The Bertz CT molecular complexity index is 534. The molecule has 0 atom stereocenters. The van der Waals surface area contributed by atoms with Gasteiger partial charge in [0.1, 0.15) is 5.75 Å². The van der Waals surface area contributed by atoms with Crippen molar-refractivity contribution in [3.63, 3.8) is 0 Å². The SMILES string of the molecule is CCC.COc1cccc(S(=O)(=O)N2CCCCC2)c1C. The first kappa shape index (κ1) is 18.0. The van der Waals surface area contributed by atoms with Crippen molar-refractivity contribution in [2.75, 3.05) is 20.2 Å². The minimum absolute atomic E-state index is 0.365. The molecule has 0 N–H and O–H groups in total. The van der Waals surface area contributed by atoms with E-state index < -0.39 is 10.0 Å². The van der Waals surface area contributed by atoms with E-state index >= 15 is 0 Å². The number of piperidine rings is 1. The van der Waals surface area contributed by atoms with Gasteiger partial charge in [-0.25, -0.2) is 8.42 Å². The van der Waals surface area contributed by atoms with Gasteiger partial charge in [-0.1, -0.05) is 32.8 Å². The fourth-order valence-electron chi connectivity index (χ4n) is 2.34. The number of methoxy groups -OCH3 is 1. The molecule has 1 heterocycles. The molecule has 0 saturated carbocycles. The Morgan fingerprint density at radius 1 is 1.14 bits per heavy atom.